The van der Waals surface area contributed by atoms with Gasteiger partial charge in [0, 0.05) is 22.5 Å². The minimum Gasteiger partial charge on any atom is -0.310 e. The molecule has 0 radical (unpaired) electrons. The van der Waals surface area contributed by atoms with Gasteiger partial charge >= 0.3 is 0 Å². The van der Waals surface area contributed by atoms with E-state index in [0.717, 1.165) is 17.1 Å². The smallest absolute Gasteiger partial charge is 0.0467 e. The highest BCUT2D eigenvalue weighted by Crippen LogP contribution is 2.51. The summed E-state index contributed by atoms with van der Waals surface area (Å²) in [6, 6.07) is 66.9. The predicted octanol–water partition coefficient (Wildman–Crippen LogP) is 19.3. The van der Waals surface area contributed by atoms with Gasteiger partial charge in [-0.05, 0) is 153 Å². The number of anilines is 3. The number of rotatable bonds is 7. The lowest BCUT2D eigenvalue weighted by molar-refractivity contribution is 0.569. The Balaban J connectivity index is 1.12. The van der Waals surface area contributed by atoms with Crippen molar-refractivity contribution in [1.29, 1.82) is 0 Å². The van der Waals surface area contributed by atoms with Crippen LogP contribution in [0.4, 0.5) is 17.1 Å². The van der Waals surface area contributed by atoms with Crippen molar-refractivity contribution in [2.75, 3.05) is 4.90 Å². The molecule has 9 rings (SSSR count). The Kier molecular flexibility index (Phi) is 11.6. The van der Waals surface area contributed by atoms with Gasteiger partial charge in [0.2, 0.25) is 0 Å². The van der Waals surface area contributed by atoms with Crippen LogP contribution in [0.15, 0.2) is 176 Å². The molecule has 0 amide bonds. The third kappa shape index (κ3) is 9.13. The molecule has 0 bridgehead atoms. The summed E-state index contributed by atoms with van der Waals surface area (Å²) in [6.45, 7) is 32.5. The number of fused-ring (bicyclic) bond motifs is 3. The summed E-state index contributed by atoms with van der Waals surface area (Å²) in [5, 5.41) is 0. The zero-order valence-corrected chi connectivity index (χ0v) is 43.2. The Labute approximate surface area is 409 Å². The fourth-order valence-electron chi connectivity index (χ4n) is 10.00. The van der Waals surface area contributed by atoms with E-state index in [1.54, 1.807) is 0 Å². The fourth-order valence-corrected chi connectivity index (χ4v) is 10.00. The van der Waals surface area contributed by atoms with Crippen LogP contribution >= 0.6 is 0 Å². The summed E-state index contributed by atoms with van der Waals surface area (Å²) in [6.07, 6.45) is 0. The van der Waals surface area contributed by atoms with Gasteiger partial charge in [0.25, 0.3) is 0 Å². The SMILES string of the molecule is CC(C)(C)c1ccc(-c2cccc(N(c3cccc(-c4ccc(-c5cc(-c6cc(C(C)(C)C)cc(C(C)(C)C)c6)cc(C(C)(C)C)c5)cc4)c3)c3ccc4c(c3)C(C)(C)c3ccccc3-4)c2)cc1. The van der Waals surface area contributed by atoms with E-state index >= 15 is 0 Å². The van der Waals surface area contributed by atoms with E-state index in [1.807, 2.05) is 0 Å². The van der Waals surface area contributed by atoms with Crippen molar-refractivity contribution < 1.29 is 0 Å². The number of benzene rings is 8. The average molecular weight is 890 g/mol. The molecule has 0 saturated heterocycles. The maximum Gasteiger partial charge on any atom is 0.0467 e. The molecular weight excluding hydrogens is 819 g/mol. The van der Waals surface area contributed by atoms with Crippen LogP contribution < -0.4 is 4.90 Å². The van der Waals surface area contributed by atoms with E-state index in [-0.39, 0.29) is 27.1 Å². The molecule has 0 unspecified atom stereocenters. The van der Waals surface area contributed by atoms with Crippen LogP contribution in [-0.4, -0.2) is 0 Å². The van der Waals surface area contributed by atoms with Crippen LogP contribution in [0.2, 0.25) is 0 Å². The third-order valence-corrected chi connectivity index (χ3v) is 14.5. The molecule has 0 atom stereocenters. The van der Waals surface area contributed by atoms with Gasteiger partial charge in [-0.25, -0.2) is 0 Å². The Morgan fingerprint density at radius 1 is 0.279 bits per heavy atom. The highest BCUT2D eigenvalue weighted by Gasteiger charge is 2.36. The molecule has 8 aromatic carbocycles. The van der Waals surface area contributed by atoms with E-state index in [1.165, 1.54) is 89.0 Å². The summed E-state index contributed by atoms with van der Waals surface area (Å²) in [5.41, 5.74) is 24.1. The lowest BCUT2D eigenvalue weighted by Crippen LogP contribution is -2.16. The second kappa shape index (κ2) is 17.0. The standard InChI is InChI=1S/C67H71N/c1-63(2,3)52-31-29-45(30-32-52)48-20-18-22-57(41-48)68(58-33-34-60-59-23-15-16-24-61(59)67(13,14)62(60)43-58)56-21-17-19-47(40-56)44-25-27-46(28-26-44)49-35-50(37-53(36-49)64(4,5)6)51-38-54(65(7,8)9)42-55(39-51)66(10,11)12/h15-43H,1-14H3. The average Bonchev–Trinajstić information content (AvgIpc) is 3.53. The molecule has 344 valence electrons. The quantitative estimate of drug-likeness (QED) is 0.154. The van der Waals surface area contributed by atoms with Gasteiger partial charge in [0.1, 0.15) is 0 Å². The number of hydrogen-bond donors (Lipinski definition) is 0. The van der Waals surface area contributed by atoms with E-state index in [2.05, 4.69) is 278 Å². The summed E-state index contributed by atoms with van der Waals surface area (Å²) in [7, 11) is 0. The zero-order valence-electron chi connectivity index (χ0n) is 43.2. The summed E-state index contributed by atoms with van der Waals surface area (Å²) >= 11 is 0. The maximum atomic E-state index is 2.45. The first-order valence-electron chi connectivity index (χ1n) is 24.7. The van der Waals surface area contributed by atoms with Crippen molar-refractivity contribution in [3.8, 4) is 55.6 Å². The summed E-state index contributed by atoms with van der Waals surface area (Å²) in [4.78, 5) is 2.45. The van der Waals surface area contributed by atoms with Gasteiger partial charge in [-0.2, -0.15) is 0 Å². The monoisotopic (exact) mass is 890 g/mol. The van der Waals surface area contributed by atoms with E-state index in [9.17, 15) is 0 Å². The van der Waals surface area contributed by atoms with Crippen LogP contribution in [0, 0.1) is 0 Å². The van der Waals surface area contributed by atoms with E-state index in [4.69, 9.17) is 0 Å². The molecule has 0 N–H and O–H groups in total. The molecule has 0 fully saturated rings. The molecule has 1 aliphatic rings. The second-order valence-electron chi connectivity index (χ2n) is 24.1. The molecule has 0 saturated carbocycles. The molecule has 0 heterocycles. The van der Waals surface area contributed by atoms with Gasteiger partial charge in [0.15, 0.2) is 0 Å². The first-order chi connectivity index (χ1) is 31.9. The molecular formula is C67H71N. The van der Waals surface area contributed by atoms with Crippen LogP contribution in [0.3, 0.4) is 0 Å². The first-order valence-corrected chi connectivity index (χ1v) is 24.7. The van der Waals surface area contributed by atoms with Crippen molar-refractivity contribution >= 4 is 17.1 Å². The van der Waals surface area contributed by atoms with E-state index < -0.39 is 0 Å². The minimum absolute atomic E-state index is 0.0134. The zero-order chi connectivity index (χ0) is 48.6. The maximum absolute atomic E-state index is 2.45. The van der Waals surface area contributed by atoms with Crippen molar-refractivity contribution in [3.63, 3.8) is 0 Å². The van der Waals surface area contributed by atoms with Crippen molar-refractivity contribution in [3.05, 3.63) is 209 Å². The Hall–Kier alpha value is -6.44. The highest BCUT2D eigenvalue weighted by molar-refractivity contribution is 5.88. The van der Waals surface area contributed by atoms with Crippen molar-refractivity contribution in [1.82, 2.24) is 0 Å². The Bertz CT molecular complexity index is 3110. The van der Waals surface area contributed by atoms with Gasteiger partial charge in [-0.1, -0.05) is 230 Å². The van der Waals surface area contributed by atoms with Gasteiger partial charge < -0.3 is 4.90 Å². The molecule has 1 aliphatic carbocycles. The normalized spacial score (nSPS) is 13.6. The topological polar surface area (TPSA) is 3.24 Å². The predicted molar refractivity (Wildman–Crippen MR) is 295 cm³/mol. The Morgan fingerprint density at radius 3 is 1.18 bits per heavy atom. The summed E-state index contributed by atoms with van der Waals surface area (Å²) < 4.78 is 0. The van der Waals surface area contributed by atoms with Crippen molar-refractivity contribution in [2.45, 2.75) is 124 Å². The van der Waals surface area contributed by atoms with Crippen LogP contribution in [0.5, 0.6) is 0 Å². The minimum atomic E-state index is -0.118. The fraction of sp³-hybridized carbons (Fsp3) is 0.284. The van der Waals surface area contributed by atoms with Gasteiger partial charge in [-0.3, -0.25) is 0 Å². The largest absolute Gasteiger partial charge is 0.310 e. The van der Waals surface area contributed by atoms with Crippen molar-refractivity contribution in [2.24, 2.45) is 0 Å². The highest BCUT2D eigenvalue weighted by atomic mass is 15.1. The number of nitrogens with zero attached hydrogens (tertiary/aromatic N) is 1. The lowest BCUT2D eigenvalue weighted by Gasteiger charge is -2.29. The molecule has 0 aromatic heterocycles. The molecule has 1 heteroatoms. The summed E-state index contributed by atoms with van der Waals surface area (Å²) in [5.74, 6) is 0. The second-order valence-corrected chi connectivity index (χ2v) is 24.1. The molecule has 8 aromatic rings. The first kappa shape index (κ1) is 46.7. The Morgan fingerprint density at radius 2 is 0.676 bits per heavy atom. The lowest BCUT2D eigenvalue weighted by atomic mass is 9.78. The van der Waals surface area contributed by atoms with Crippen LogP contribution in [0.25, 0.3) is 55.6 Å². The molecule has 0 aliphatic heterocycles. The molecule has 68 heavy (non-hydrogen) atoms. The van der Waals surface area contributed by atoms with Crippen LogP contribution in [0.1, 0.15) is 130 Å². The molecule has 1 nitrogen and oxygen atoms in total. The van der Waals surface area contributed by atoms with Gasteiger partial charge in [-0.15, -0.1) is 0 Å². The molecule has 0 spiro atoms. The van der Waals surface area contributed by atoms with Crippen LogP contribution in [-0.2, 0) is 27.1 Å². The number of hydrogen-bond acceptors (Lipinski definition) is 1. The third-order valence-electron chi connectivity index (χ3n) is 14.5. The van der Waals surface area contributed by atoms with E-state index in [0.29, 0.717) is 0 Å². The van der Waals surface area contributed by atoms with Gasteiger partial charge in [0.05, 0.1) is 0 Å².